The quantitative estimate of drug-likeness (QED) is 0.501. The highest BCUT2D eigenvalue weighted by molar-refractivity contribution is 5.94. The third kappa shape index (κ3) is 4.23. The molecule has 0 saturated heterocycles. The maximum atomic E-state index is 12.0. The number of hydrogen-bond acceptors (Lipinski definition) is 6. The van der Waals surface area contributed by atoms with Crippen molar-refractivity contribution in [1.29, 1.82) is 0 Å². The average molecular weight is 307 g/mol. The van der Waals surface area contributed by atoms with Gasteiger partial charge in [0, 0.05) is 31.1 Å². The Balaban J connectivity index is 1.86. The van der Waals surface area contributed by atoms with Gasteiger partial charge >= 0.3 is 12.1 Å². The van der Waals surface area contributed by atoms with Gasteiger partial charge in [0.25, 0.3) is 0 Å². The number of H-pyrrole nitrogens is 1. The fourth-order valence-corrected chi connectivity index (χ4v) is 1.80. The van der Waals surface area contributed by atoms with Gasteiger partial charge in [-0.05, 0) is 24.3 Å². The van der Waals surface area contributed by atoms with Crippen LogP contribution >= 0.6 is 0 Å². The Hall–Kier alpha value is -2.54. The molecule has 1 aromatic heterocycles. The summed E-state index contributed by atoms with van der Waals surface area (Å²) < 4.78 is 19.3. The number of methoxy groups -OCH3 is 1. The van der Waals surface area contributed by atoms with Crippen molar-refractivity contribution in [2.75, 3.05) is 20.3 Å². The number of benzene rings is 1. The molecule has 7 nitrogen and oxygen atoms in total. The second kappa shape index (κ2) is 7.46. The molecule has 0 radical (unpaired) electrons. The molecule has 0 aliphatic rings. The van der Waals surface area contributed by atoms with Crippen LogP contribution in [0, 0.1) is 0 Å². The molecule has 2 rings (SSSR count). The van der Waals surface area contributed by atoms with Gasteiger partial charge in [0.2, 0.25) is 6.29 Å². The van der Waals surface area contributed by atoms with Crippen molar-refractivity contribution in [2.24, 2.45) is 0 Å². The van der Waals surface area contributed by atoms with Gasteiger partial charge in [-0.2, -0.15) is 0 Å². The first-order valence-corrected chi connectivity index (χ1v) is 6.70. The number of carbonyl (C=O) groups is 2. The molecular formula is C15H17NO6. The van der Waals surface area contributed by atoms with Crippen molar-refractivity contribution < 1.29 is 28.5 Å². The summed E-state index contributed by atoms with van der Waals surface area (Å²) in [6, 6.07) is 6.94. The van der Waals surface area contributed by atoms with E-state index in [1.807, 2.05) is 6.07 Å². The molecule has 1 unspecified atom stereocenters. The first-order chi connectivity index (χ1) is 10.6. The molecule has 7 heteroatoms. The summed E-state index contributed by atoms with van der Waals surface area (Å²) in [5, 5.41) is 0.891. The third-order valence-electron chi connectivity index (χ3n) is 2.83. The lowest BCUT2D eigenvalue weighted by Crippen LogP contribution is -2.23. The van der Waals surface area contributed by atoms with Crippen molar-refractivity contribution in [3.63, 3.8) is 0 Å². The van der Waals surface area contributed by atoms with Crippen LogP contribution in [0.25, 0.3) is 10.9 Å². The van der Waals surface area contributed by atoms with Crippen molar-refractivity contribution in [3.8, 4) is 0 Å². The average Bonchev–Trinajstić information content (AvgIpc) is 2.94. The molecule has 1 heterocycles. The number of fused-ring (bicyclic) bond motifs is 1. The Bertz CT molecular complexity index is 650. The molecule has 0 saturated carbocycles. The van der Waals surface area contributed by atoms with Crippen LogP contribution in [-0.4, -0.2) is 43.7 Å². The van der Waals surface area contributed by atoms with Crippen molar-refractivity contribution in [2.45, 2.75) is 13.2 Å². The van der Waals surface area contributed by atoms with Crippen LogP contribution in [0.15, 0.2) is 30.5 Å². The smallest absolute Gasteiger partial charge is 0.432 e. The normalized spacial score (nSPS) is 11.9. The number of ether oxygens (including phenoxy) is 4. The van der Waals surface area contributed by atoms with Gasteiger partial charge < -0.3 is 23.9 Å². The number of hydrogen-bond donors (Lipinski definition) is 1. The van der Waals surface area contributed by atoms with E-state index in [0.29, 0.717) is 5.56 Å². The first kappa shape index (κ1) is 15.8. The molecule has 1 aromatic carbocycles. The topological polar surface area (TPSA) is 86.8 Å². The van der Waals surface area contributed by atoms with Crippen molar-refractivity contribution in [1.82, 2.24) is 4.98 Å². The molecule has 0 fully saturated rings. The molecule has 0 spiro atoms. The zero-order valence-electron chi connectivity index (χ0n) is 12.3. The van der Waals surface area contributed by atoms with Crippen LogP contribution in [0.2, 0.25) is 0 Å². The summed E-state index contributed by atoms with van der Waals surface area (Å²) in [6.45, 7) is 1.77. The number of aromatic amines is 1. The van der Waals surface area contributed by atoms with Crippen LogP contribution in [0.3, 0.4) is 0 Å². The summed E-state index contributed by atoms with van der Waals surface area (Å²) in [6.07, 6.45) is -0.190. The largest absolute Gasteiger partial charge is 0.511 e. The van der Waals surface area contributed by atoms with Gasteiger partial charge in [0.1, 0.15) is 6.61 Å². The van der Waals surface area contributed by atoms with Crippen LogP contribution < -0.4 is 0 Å². The fourth-order valence-electron chi connectivity index (χ4n) is 1.80. The van der Waals surface area contributed by atoms with E-state index in [-0.39, 0.29) is 13.2 Å². The summed E-state index contributed by atoms with van der Waals surface area (Å²) in [5.41, 5.74) is 1.29. The molecule has 0 bridgehead atoms. The first-order valence-electron chi connectivity index (χ1n) is 6.70. The molecule has 118 valence electrons. The predicted molar refractivity (Wildman–Crippen MR) is 77.5 cm³/mol. The highest BCUT2D eigenvalue weighted by Gasteiger charge is 2.16. The predicted octanol–water partition coefficient (Wildman–Crippen LogP) is 2.47. The van der Waals surface area contributed by atoms with Crippen molar-refractivity contribution in [3.05, 3.63) is 36.0 Å². The SMILES string of the molecule is COCCOC(=O)OC(C)OC(=O)c1ccc2[nH]ccc2c1. The van der Waals surface area contributed by atoms with Gasteiger partial charge in [-0.3, -0.25) is 0 Å². The number of esters is 1. The van der Waals surface area contributed by atoms with Crippen molar-refractivity contribution >= 4 is 23.0 Å². The minimum Gasteiger partial charge on any atom is -0.432 e. The maximum absolute atomic E-state index is 12.0. The van der Waals surface area contributed by atoms with E-state index in [4.69, 9.17) is 18.9 Å². The second-order valence-corrected chi connectivity index (χ2v) is 4.46. The Morgan fingerprint density at radius 1 is 1.18 bits per heavy atom. The minimum atomic E-state index is -1.05. The lowest BCUT2D eigenvalue weighted by Gasteiger charge is -2.14. The zero-order chi connectivity index (χ0) is 15.9. The molecular weight excluding hydrogens is 290 g/mol. The van der Waals surface area contributed by atoms with E-state index in [1.165, 1.54) is 14.0 Å². The van der Waals surface area contributed by atoms with E-state index >= 15 is 0 Å². The number of rotatable bonds is 6. The van der Waals surface area contributed by atoms with E-state index in [9.17, 15) is 9.59 Å². The molecule has 22 heavy (non-hydrogen) atoms. The molecule has 0 amide bonds. The lowest BCUT2D eigenvalue weighted by molar-refractivity contribution is -0.0839. The van der Waals surface area contributed by atoms with Gasteiger partial charge in [0.05, 0.1) is 12.2 Å². The maximum Gasteiger partial charge on any atom is 0.511 e. The Morgan fingerprint density at radius 2 is 2.00 bits per heavy atom. The highest BCUT2D eigenvalue weighted by Crippen LogP contribution is 2.15. The summed E-state index contributed by atoms with van der Waals surface area (Å²) in [4.78, 5) is 26.3. The van der Waals surface area contributed by atoms with E-state index in [2.05, 4.69) is 4.98 Å². The summed E-state index contributed by atoms with van der Waals surface area (Å²) in [5.74, 6) is -0.583. The lowest BCUT2D eigenvalue weighted by atomic mass is 10.1. The monoisotopic (exact) mass is 307 g/mol. The summed E-state index contributed by atoms with van der Waals surface area (Å²) >= 11 is 0. The second-order valence-electron chi connectivity index (χ2n) is 4.46. The number of carbonyl (C=O) groups excluding carboxylic acids is 2. The van der Waals surface area contributed by atoms with Crippen LogP contribution in [0.5, 0.6) is 0 Å². The number of aromatic nitrogens is 1. The van der Waals surface area contributed by atoms with Gasteiger partial charge in [-0.1, -0.05) is 0 Å². The Labute approximate surface area is 127 Å². The number of nitrogens with one attached hydrogen (secondary N) is 1. The fraction of sp³-hybridized carbons (Fsp3) is 0.333. The highest BCUT2D eigenvalue weighted by atomic mass is 16.8. The van der Waals surface area contributed by atoms with Gasteiger partial charge in [-0.25, -0.2) is 9.59 Å². The third-order valence-corrected chi connectivity index (χ3v) is 2.83. The summed E-state index contributed by atoms with van der Waals surface area (Å²) in [7, 11) is 1.49. The van der Waals surface area contributed by atoms with Gasteiger partial charge in [0.15, 0.2) is 0 Å². The van der Waals surface area contributed by atoms with Crippen LogP contribution in [0.1, 0.15) is 17.3 Å². The molecule has 2 aromatic rings. The Morgan fingerprint density at radius 3 is 2.77 bits per heavy atom. The van der Waals surface area contributed by atoms with E-state index in [0.717, 1.165) is 10.9 Å². The zero-order valence-corrected chi connectivity index (χ0v) is 12.3. The molecule has 1 atom stereocenters. The van der Waals surface area contributed by atoms with Crippen LogP contribution in [-0.2, 0) is 18.9 Å². The van der Waals surface area contributed by atoms with Crippen LogP contribution in [0.4, 0.5) is 4.79 Å². The minimum absolute atomic E-state index is 0.0696. The molecule has 0 aliphatic heterocycles. The molecule has 0 aliphatic carbocycles. The Kier molecular flexibility index (Phi) is 5.37. The van der Waals surface area contributed by atoms with Gasteiger partial charge in [-0.15, -0.1) is 0 Å². The molecule has 1 N–H and O–H groups in total. The van der Waals surface area contributed by atoms with E-state index in [1.54, 1.807) is 24.4 Å². The van der Waals surface area contributed by atoms with E-state index < -0.39 is 18.4 Å². The standard InChI is InChI=1S/C15H17NO6/c1-10(22-15(18)20-8-7-19-2)21-14(17)12-3-4-13-11(9-12)5-6-16-13/h3-6,9-10,16H,7-8H2,1-2H3.